The Morgan fingerprint density at radius 3 is 2.53 bits per heavy atom. The minimum Gasteiger partial charge on any atom is -0.478 e. The molecular formula is C22H23Cl2N3O3. The van der Waals surface area contributed by atoms with Crippen LogP contribution in [0.15, 0.2) is 53.7 Å². The van der Waals surface area contributed by atoms with Gasteiger partial charge in [0.1, 0.15) is 0 Å². The van der Waals surface area contributed by atoms with Gasteiger partial charge in [0.05, 0.1) is 22.9 Å². The molecule has 0 fully saturated rings. The molecule has 6 nitrogen and oxygen atoms in total. The Morgan fingerprint density at radius 2 is 1.97 bits per heavy atom. The second-order valence-electron chi connectivity index (χ2n) is 7.44. The maximum Gasteiger partial charge on any atom is 0.337 e. The predicted octanol–water partition coefficient (Wildman–Crippen LogP) is 5.37. The van der Waals surface area contributed by atoms with Crippen LogP contribution < -0.4 is 11.1 Å². The number of carboxylic acids is 1. The van der Waals surface area contributed by atoms with Crippen LogP contribution in [-0.4, -0.2) is 21.6 Å². The number of amides is 1. The molecule has 1 amide bonds. The molecule has 0 saturated carbocycles. The average Bonchev–Trinajstić information content (AvgIpc) is 3.12. The number of aromatic nitrogens is 1. The second kappa shape index (κ2) is 8.98. The van der Waals surface area contributed by atoms with Crippen LogP contribution in [0.1, 0.15) is 58.8 Å². The molecule has 0 bridgehead atoms. The van der Waals surface area contributed by atoms with Crippen LogP contribution in [0, 0.1) is 5.92 Å². The average molecular weight is 448 g/mol. The van der Waals surface area contributed by atoms with Gasteiger partial charge in [-0.25, -0.2) is 4.79 Å². The number of primary amides is 1. The van der Waals surface area contributed by atoms with Gasteiger partial charge in [-0.1, -0.05) is 35.4 Å². The Labute approximate surface area is 185 Å². The smallest absolute Gasteiger partial charge is 0.337 e. The van der Waals surface area contributed by atoms with E-state index >= 15 is 0 Å². The largest absolute Gasteiger partial charge is 0.478 e. The normalized spacial score (nSPS) is 17.0. The summed E-state index contributed by atoms with van der Waals surface area (Å²) in [6, 6.07) is 5.91. The summed E-state index contributed by atoms with van der Waals surface area (Å²) < 4.78 is 1.92. The molecule has 158 valence electrons. The highest BCUT2D eigenvalue weighted by atomic mass is 35.5. The zero-order chi connectivity index (χ0) is 22.0. The monoisotopic (exact) mass is 447 g/mol. The van der Waals surface area contributed by atoms with Crippen molar-refractivity contribution in [2.75, 3.05) is 5.32 Å². The Kier molecular flexibility index (Phi) is 6.58. The fourth-order valence-electron chi connectivity index (χ4n) is 3.67. The van der Waals surface area contributed by atoms with E-state index in [0.717, 1.165) is 0 Å². The van der Waals surface area contributed by atoms with Crippen molar-refractivity contribution < 1.29 is 14.7 Å². The minimum atomic E-state index is -1.02. The number of carboxylic acid groups (broad SMARTS) is 1. The van der Waals surface area contributed by atoms with Gasteiger partial charge in [0, 0.05) is 33.9 Å². The molecule has 1 heterocycles. The van der Waals surface area contributed by atoms with E-state index in [1.165, 1.54) is 0 Å². The number of rotatable bonds is 7. The number of hydrogen-bond donors (Lipinski definition) is 3. The summed E-state index contributed by atoms with van der Waals surface area (Å²) in [6.45, 7) is 3.96. The topological polar surface area (TPSA) is 97.3 Å². The third-order valence-corrected chi connectivity index (χ3v) is 5.63. The number of nitrogens with two attached hydrogens (primary N) is 1. The van der Waals surface area contributed by atoms with Crippen molar-refractivity contribution in [2.45, 2.75) is 32.4 Å². The second-order valence-corrected chi connectivity index (χ2v) is 8.32. The molecule has 2 atom stereocenters. The van der Waals surface area contributed by atoms with Gasteiger partial charge in [-0.15, -0.1) is 0 Å². The van der Waals surface area contributed by atoms with Crippen molar-refractivity contribution in [3.05, 3.63) is 75.6 Å². The summed E-state index contributed by atoms with van der Waals surface area (Å²) in [7, 11) is 0. The number of aromatic carboxylic acids is 1. The Bertz CT molecular complexity index is 1040. The van der Waals surface area contributed by atoms with Crippen LogP contribution >= 0.6 is 23.2 Å². The summed E-state index contributed by atoms with van der Waals surface area (Å²) in [5.74, 6) is -1.74. The van der Waals surface area contributed by atoms with Gasteiger partial charge in [-0.05, 0) is 50.6 Å². The van der Waals surface area contributed by atoms with Crippen LogP contribution in [0.3, 0.4) is 0 Å². The van der Waals surface area contributed by atoms with E-state index in [1.807, 2.05) is 30.6 Å². The molecule has 30 heavy (non-hydrogen) atoms. The molecule has 0 saturated heterocycles. The summed E-state index contributed by atoms with van der Waals surface area (Å²) in [4.78, 5) is 24.0. The van der Waals surface area contributed by atoms with Crippen LogP contribution in [0.5, 0.6) is 0 Å². The lowest BCUT2D eigenvalue weighted by Crippen LogP contribution is -2.27. The molecule has 0 aliphatic heterocycles. The SMILES string of the molecule is CC(C)n1ccc(C(=O)O)c1C(Nc1cc(Cl)ccc1C(N)=O)C1C=CC(Cl)=CC1. The Morgan fingerprint density at radius 1 is 1.23 bits per heavy atom. The first-order valence-corrected chi connectivity index (χ1v) is 10.3. The molecule has 0 radical (unpaired) electrons. The van der Waals surface area contributed by atoms with Crippen LogP contribution in [0.25, 0.3) is 0 Å². The van der Waals surface area contributed by atoms with Crippen molar-refractivity contribution in [1.29, 1.82) is 0 Å². The van der Waals surface area contributed by atoms with Crippen molar-refractivity contribution in [2.24, 2.45) is 11.7 Å². The Balaban J connectivity index is 2.16. The van der Waals surface area contributed by atoms with E-state index in [4.69, 9.17) is 28.9 Å². The lowest BCUT2D eigenvalue weighted by Gasteiger charge is -2.31. The van der Waals surface area contributed by atoms with E-state index in [-0.39, 0.29) is 23.1 Å². The van der Waals surface area contributed by atoms with Gasteiger partial charge in [0.15, 0.2) is 0 Å². The summed E-state index contributed by atoms with van der Waals surface area (Å²) in [5.41, 5.74) is 7.07. The lowest BCUT2D eigenvalue weighted by molar-refractivity contribution is 0.0694. The molecule has 8 heteroatoms. The Hall–Kier alpha value is -2.70. The number of anilines is 1. The van der Waals surface area contributed by atoms with E-state index in [0.29, 0.717) is 27.9 Å². The highest BCUT2D eigenvalue weighted by molar-refractivity contribution is 6.31. The number of halogens is 2. The molecule has 0 spiro atoms. The number of nitrogens with zero attached hydrogens (tertiary/aromatic N) is 1. The number of hydrogen-bond acceptors (Lipinski definition) is 3. The van der Waals surface area contributed by atoms with Gasteiger partial charge >= 0.3 is 5.97 Å². The van der Waals surface area contributed by atoms with E-state index < -0.39 is 17.9 Å². The van der Waals surface area contributed by atoms with Crippen molar-refractivity contribution in [3.63, 3.8) is 0 Å². The first-order valence-electron chi connectivity index (χ1n) is 9.52. The molecule has 2 unspecified atom stereocenters. The number of carbonyl (C=O) groups is 2. The van der Waals surface area contributed by atoms with Gasteiger partial charge in [0.2, 0.25) is 0 Å². The van der Waals surface area contributed by atoms with Crippen molar-refractivity contribution in [3.8, 4) is 0 Å². The number of nitrogens with one attached hydrogen (secondary N) is 1. The molecule has 3 rings (SSSR count). The lowest BCUT2D eigenvalue weighted by atomic mass is 9.88. The van der Waals surface area contributed by atoms with E-state index in [2.05, 4.69) is 5.32 Å². The molecule has 1 aromatic carbocycles. The van der Waals surface area contributed by atoms with Crippen LogP contribution in [0.4, 0.5) is 5.69 Å². The predicted molar refractivity (Wildman–Crippen MR) is 119 cm³/mol. The molecule has 1 aliphatic rings. The number of benzene rings is 1. The van der Waals surface area contributed by atoms with Gasteiger partial charge in [-0.3, -0.25) is 4.79 Å². The molecule has 1 aromatic heterocycles. The van der Waals surface area contributed by atoms with Crippen molar-refractivity contribution >= 4 is 40.8 Å². The zero-order valence-corrected chi connectivity index (χ0v) is 18.1. The molecule has 4 N–H and O–H groups in total. The molecule has 1 aliphatic carbocycles. The molecule has 2 aromatic rings. The maximum atomic E-state index is 12.0. The summed E-state index contributed by atoms with van der Waals surface area (Å²) in [5, 5.41) is 14.2. The van der Waals surface area contributed by atoms with Gasteiger partial charge < -0.3 is 20.7 Å². The first kappa shape index (κ1) is 22.0. The summed E-state index contributed by atoms with van der Waals surface area (Å²) >= 11 is 12.3. The third kappa shape index (κ3) is 4.55. The van der Waals surface area contributed by atoms with E-state index in [9.17, 15) is 14.7 Å². The van der Waals surface area contributed by atoms with Crippen LogP contribution in [0.2, 0.25) is 5.02 Å². The first-order chi connectivity index (χ1) is 14.2. The number of carbonyl (C=O) groups excluding carboxylic acids is 1. The van der Waals surface area contributed by atoms with Crippen molar-refractivity contribution in [1.82, 2.24) is 4.57 Å². The quantitative estimate of drug-likeness (QED) is 0.530. The maximum absolute atomic E-state index is 12.0. The molecular weight excluding hydrogens is 425 g/mol. The van der Waals surface area contributed by atoms with Crippen LogP contribution in [-0.2, 0) is 0 Å². The van der Waals surface area contributed by atoms with Gasteiger partial charge in [-0.2, -0.15) is 0 Å². The fraction of sp³-hybridized carbons (Fsp3) is 0.273. The zero-order valence-electron chi connectivity index (χ0n) is 16.6. The third-order valence-electron chi connectivity index (χ3n) is 5.11. The number of allylic oxidation sites excluding steroid dienone is 3. The highest BCUT2D eigenvalue weighted by Crippen LogP contribution is 2.38. The highest BCUT2D eigenvalue weighted by Gasteiger charge is 2.31. The minimum absolute atomic E-state index is 0.0269. The standard InChI is InChI=1S/C22H23Cl2N3O3/c1-12(2)27-10-9-17(22(29)30)20(27)19(13-3-5-14(23)6-4-13)26-18-11-15(24)7-8-16(18)21(25)28/h3,5-13,19,26H,4H2,1-2H3,(H2,25,28)(H,29,30). The fourth-order valence-corrected chi connectivity index (χ4v) is 4.01. The van der Waals surface area contributed by atoms with Gasteiger partial charge in [0.25, 0.3) is 5.91 Å². The van der Waals surface area contributed by atoms with E-state index in [1.54, 1.807) is 36.5 Å². The summed E-state index contributed by atoms with van der Waals surface area (Å²) in [6.07, 6.45) is 7.98.